The van der Waals surface area contributed by atoms with E-state index in [-0.39, 0.29) is 5.91 Å². The third kappa shape index (κ3) is 6.76. The van der Waals surface area contributed by atoms with E-state index in [1.165, 1.54) is 0 Å². The number of imidazole rings is 1. The van der Waals surface area contributed by atoms with Crippen LogP contribution in [0.15, 0.2) is 66.7 Å². The van der Waals surface area contributed by atoms with Crippen LogP contribution in [0.4, 0.5) is 5.82 Å². The van der Waals surface area contributed by atoms with Gasteiger partial charge in [0, 0.05) is 18.4 Å². The normalized spacial score (nSPS) is 11.8. The maximum atomic E-state index is 12.2. The number of benzene rings is 2. The summed E-state index contributed by atoms with van der Waals surface area (Å²) in [5.41, 5.74) is 3.09. The van der Waals surface area contributed by atoms with Crippen molar-refractivity contribution in [1.82, 2.24) is 14.5 Å². The lowest BCUT2D eigenvalue weighted by atomic mass is 10.1. The minimum absolute atomic E-state index is 0.0401. The monoisotopic (exact) mass is 514 g/mol. The lowest BCUT2D eigenvalue weighted by Crippen LogP contribution is -2.18. The second-order valence-electron chi connectivity index (χ2n) is 9.30. The fourth-order valence-electron chi connectivity index (χ4n) is 4.23. The van der Waals surface area contributed by atoms with Crippen LogP contribution in [-0.4, -0.2) is 31.5 Å². The van der Waals surface area contributed by atoms with Crippen LogP contribution >= 0.6 is 0 Å². The Balaban J connectivity index is 1.56. The van der Waals surface area contributed by atoms with Gasteiger partial charge in [-0.25, -0.2) is 14.8 Å². The Bertz CT molecular complexity index is 1370. The summed E-state index contributed by atoms with van der Waals surface area (Å²) in [5, 5.41) is 12.6. The van der Waals surface area contributed by atoms with Crippen LogP contribution in [0.3, 0.4) is 0 Å². The highest BCUT2D eigenvalue weighted by Crippen LogP contribution is 2.25. The number of ether oxygens (including phenoxy) is 1. The van der Waals surface area contributed by atoms with E-state index in [1.807, 2.05) is 24.3 Å². The van der Waals surface area contributed by atoms with Gasteiger partial charge in [0.2, 0.25) is 12.0 Å². The largest absolute Gasteiger partial charge is 0.478 e. The van der Waals surface area contributed by atoms with Crippen molar-refractivity contribution >= 4 is 28.9 Å². The summed E-state index contributed by atoms with van der Waals surface area (Å²) in [5.74, 6) is 0.850. The summed E-state index contributed by atoms with van der Waals surface area (Å²) in [6.45, 7) is 4.74. The number of carboxylic acids is 1. The van der Waals surface area contributed by atoms with Crippen molar-refractivity contribution in [3.05, 3.63) is 83.7 Å². The van der Waals surface area contributed by atoms with Gasteiger partial charge < -0.3 is 19.7 Å². The predicted molar refractivity (Wildman–Crippen MR) is 147 cm³/mol. The Morgan fingerprint density at radius 3 is 2.37 bits per heavy atom. The molecule has 2 aromatic heterocycles. The molecule has 0 saturated carbocycles. The van der Waals surface area contributed by atoms with Gasteiger partial charge in [-0.15, -0.1) is 0 Å². The van der Waals surface area contributed by atoms with E-state index in [0.29, 0.717) is 30.1 Å². The average molecular weight is 515 g/mol. The summed E-state index contributed by atoms with van der Waals surface area (Å²) < 4.78 is 7.90. The first-order valence-corrected chi connectivity index (χ1v) is 13.2. The maximum absolute atomic E-state index is 12.2. The van der Waals surface area contributed by atoms with Gasteiger partial charge in [-0.2, -0.15) is 0 Å². The van der Waals surface area contributed by atoms with Crippen LogP contribution in [0.1, 0.15) is 69.0 Å². The number of pyridine rings is 1. The third-order valence-corrected chi connectivity index (χ3v) is 6.29. The fraction of sp³-hybridized carbons (Fsp3) is 0.333. The first-order chi connectivity index (χ1) is 18.5. The molecule has 0 fully saturated rings. The number of fused-ring (bicyclic) bond motifs is 1. The zero-order valence-electron chi connectivity index (χ0n) is 21.9. The number of carbonyl (C=O) groups is 2. The van der Waals surface area contributed by atoms with E-state index in [0.717, 1.165) is 54.7 Å². The molecule has 0 bridgehead atoms. The molecule has 1 unspecified atom stereocenters. The van der Waals surface area contributed by atoms with Gasteiger partial charge in [0.05, 0.1) is 6.54 Å². The van der Waals surface area contributed by atoms with Crippen molar-refractivity contribution in [3.8, 4) is 5.75 Å². The quantitative estimate of drug-likeness (QED) is 0.221. The van der Waals surface area contributed by atoms with E-state index in [1.54, 1.807) is 42.5 Å². The Morgan fingerprint density at radius 2 is 1.68 bits per heavy atom. The van der Waals surface area contributed by atoms with Crippen molar-refractivity contribution in [2.45, 2.75) is 65.0 Å². The number of carbonyl (C=O) groups excluding carboxylic acids is 1. The number of unbranched alkanes of at least 4 members (excludes halogenated alkanes) is 2. The zero-order valence-corrected chi connectivity index (χ0v) is 21.9. The lowest BCUT2D eigenvalue weighted by molar-refractivity contribution is -0.145. The van der Waals surface area contributed by atoms with E-state index >= 15 is 0 Å². The highest BCUT2D eigenvalue weighted by Gasteiger charge is 2.21. The lowest BCUT2D eigenvalue weighted by Gasteiger charge is -2.16. The van der Waals surface area contributed by atoms with Crippen LogP contribution in [0, 0.1) is 0 Å². The molecule has 4 aromatic rings. The standard InChI is InChI=1S/C30H34N4O4/c1-3-5-12-26-31-24-18-19-25(32-27(35)13-6-4-2)33-29(24)34(26)20-21-14-16-23(17-15-21)38-28(30(36)37)22-10-8-7-9-11-22/h7-11,14-19,28H,3-6,12-13,20H2,1-2H3,(H,36,37)(H,32,33,35). The first kappa shape index (κ1) is 26.9. The molecule has 0 aliphatic heterocycles. The molecule has 1 atom stereocenters. The highest BCUT2D eigenvalue weighted by atomic mass is 16.5. The second-order valence-corrected chi connectivity index (χ2v) is 9.30. The van der Waals surface area contributed by atoms with Gasteiger partial charge in [0.15, 0.2) is 5.65 Å². The van der Waals surface area contributed by atoms with E-state index in [9.17, 15) is 14.7 Å². The van der Waals surface area contributed by atoms with Crippen molar-refractivity contribution < 1.29 is 19.4 Å². The number of hydrogen-bond acceptors (Lipinski definition) is 5. The van der Waals surface area contributed by atoms with Crippen LogP contribution in [-0.2, 0) is 22.6 Å². The van der Waals surface area contributed by atoms with Crippen molar-refractivity contribution in [3.63, 3.8) is 0 Å². The molecule has 0 radical (unpaired) electrons. The molecule has 4 rings (SSSR count). The van der Waals surface area contributed by atoms with Crippen molar-refractivity contribution in [2.24, 2.45) is 0 Å². The Morgan fingerprint density at radius 1 is 0.947 bits per heavy atom. The van der Waals surface area contributed by atoms with E-state index in [4.69, 9.17) is 14.7 Å². The summed E-state index contributed by atoms with van der Waals surface area (Å²) in [7, 11) is 0. The minimum Gasteiger partial charge on any atom is -0.478 e. The number of anilines is 1. The maximum Gasteiger partial charge on any atom is 0.349 e. The molecule has 2 aromatic carbocycles. The average Bonchev–Trinajstić information content (AvgIpc) is 3.26. The first-order valence-electron chi connectivity index (χ1n) is 13.2. The molecule has 198 valence electrons. The smallest absolute Gasteiger partial charge is 0.349 e. The summed E-state index contributed by atoms with van der Waals surface area (Å²) in [4.78, 5) is 33.6. The van der Waals surface area contributed by atoms with Crippen LogP contribution in [0.5, 0.6) is 5.75 Å². The topological polar surface area (TPSA) is 106 Å². The number of aliphatic carboxylic acids is 1. The number of amides is 1. The van der Waals surface area contributed by atoms with Crippen molar-refractivity contribution in [2.75, 3.05) is 5.32 Å². The number of aryl methyl sites for hydroxylation is 1. The number of nitrogens with zero attached hydrogens (tertiary/aromatic N) is 3. The number of aromatic nitrogens is 3. The van der Waals surface area contributed by atoms with Gasteiger partial charge >= 0.3 is 5.97 Å². The van der Waals surface area contributed by atoms with Gasteiger partial charge in [-0.3, -0.25) is 4.79 Å². The molecular formula is C30H34N4O4. The third-order valence-electron chi connectivity index (χ3n) is 6.29. The minimum atomic E-state index is -1.09. The molecule has 0 aliphatic rings. The van der Waals surface area contributed by atoms with Gasteiger partial charge in [-0.1, -0.05) is 69.2 Å². The molecule has 8 heteroatoms. The predicted octanol–water partition coefficient (Wildman–Crippen LogP) is 6.16. The van der Waals surface area contributed by atoms with Gasteiger partial charge in [0.25, 0.3) is 0 Å². The summed E-state index contributed by atoms with van der Waals surface area (Å²) in [6.07, 6.45) is 4.06. The number of hydrogen-bond donors (Lipinski definition) is 2. The molecule has 2 N–H and O–H groups in total. The Kier molecular flexibility index (Phi) is 9.08. The number of carboxylic acid groups (broad SMARTS) is 1. The fourth-order valence-corrected chi connectivity index (χ4v) is 4.23. The zero-order chi connectivity index (χ0) is 26.9. The summed E-state index contributed by atoms with van der Waals surface area (Å²) >= 11 is 0. The molecule has 38 heavy (non-hydrogen) atoms. The summed E-state index contributed by atoms with van der Waals surface area (Å²) in [6, 6.07) is 20.0. The molecule has 0 aliphatic carbocycles. The molecule has 8 nitrogen and oxygen atoms in total. The Hall–Kier alpha value is -4.20. The molecule has 2 heterocycles. The molecule has 0 spiro atoms. The highest BCUT2D eigenvalue weighted by molar-refractivity contribution is 5.90. The van der Waals surface area contributed by atoms with E-state index < -0.39 is 12.1 Å². The Labute approximate surface area is 222 Å². The number of nitrogens with one attached hydrogen (secondary N) is 1. The van der Waals surface area contributed by atoms with Gasteiger partial charge in [-0.05, 0) is 42.7 Å². The van der Waals surface area contributed by atoms with Crippen LogP contribution in [0.2, 0.25) is 0 Å². The van der Waals surface area contributed by atoms with E-state index in [2.05, 4.69) is 23.7 Å². The molecule has 1 amide bonds. The van der Waals surface area contributed by atoms with Crippen LogP contribution < -0.4 is 10.1 Å². The van der Waals surface area contributed by atoms with Crippen LogP contribution in [0.25, 0.3) is 11.2 Å². The molecule has 0 saturated heterocycles. The number of rotatable bonds is 13. The molecular weight excluding hydrogens is 480 g/mol. The van der Waals surface area contributed by atoms with Crippen molar-refractivity contribution in [1.29, 1.82) is 0 Å². The SMILES string of the molecule is CCCCC(=O)Nc1ccc2nc(CCCC)n(Cc3ccc(OC(C(=O)O)c4ccccc4)cc3)c2n1. The second kappa shape index (κ2) is 12.9. The van der Waals surface area contributed by atoms with Gasteiger partial charge in [0.1, 0.15) is 22.9 Å².